The summed E-state index contributed by atoms with van der Waals surface area (Å²) in [5.74, 6) is 0.570. The molecule has 0 saturated carbocycles. The molecule has 0 aromatic rings. The molecule has 1 aliphatic rings. The molecule has 1 unspecified atom stereocenters. The molecule has 3 nitrogen and oxygen atoms in total. The van der Waals surface area contributed by atoms with Gasteiger partial charge in [0.1, 0.15) is 0 Å². The van der Waals surface area contributed by atoms with Gasteiger partial charge in [-0.15, -0.1) is 0 Å². The molecule has 0 saturated heterocycles. The quantitative estimate of drug-likeness (QED) is 0.374. The van der Waals surface area contributed by atoms with Crippen LogP contribution in [-0.2, 0) is 4.74 Å². The summed E-state index contributed by atoms with van der Waals surface area (Å²) in [6.07, 6.45) is 9.83. The number of ether oxygens (including phenoxy) is 1. The van der Waals surface area contributed by atoms with Gasteiger partial charge in [0.25, 0.3) is 0 Å². The summed E-state index contributed by atoms with van der Waals surface area (Å²) in [4.78, 5) is 0. The molecule has 0 aromatic heterocycles. The molecule has 0 amide bonds. The van der Waals surface area contributed by atoms with Crippen LogP contribution in [0, 0.1) is 0 Å². The number of hydrazone groups is 1. The molecule has 1 aliphatic heterocycles. The van der Waals surface area contributed by atoms with E-state index in [2.05, 4.69) is 12.0 Å². The van der Waals surface area contributed by atoms with Crippen LogP contribution in [0.15, 0.2) is 52.4 Å². The van der Waals surface area contributed by atoms with Gasteiger partial charge in [0, 0.05) is 0 Å². The Balaban J connectivity index is 2.89. The van der Waals surface area contributed by atoms with Crippen LogP contribution in [0.2, 0.25) is 0 Å². The van der Waals surface area contributed by atoms with Crippen molar-refractivity contribution in [1.29, 1.82) is 0 Å². The van der Waals surface area contributed by atoms with E-state index in [9.17, 15) is 4.39 Å². The second kappa shape index (κ2) is 10.1. The predicted molar refractivity (Wildman–Crippen MR) is 102 cm³/mol. The Morgan fingerprint density at radius 3 is 2.62 bits per heavy atom. The van der Waals surface area contributed by atoms with E-state index < -0.39 is 6.36 Å². The van der Waals surface area contributed by atoms with Crippen LogP contribution in [-0.4, -0.2) is 36.7 Å². The Hall–Kier alpha value is -1.91. The van der Waals surface area contributed by atoms with Crippen LogP contribution in [0.5, 0.6) is 0 Å². The van der Waals surface area contributed by atoms with Crippen LogP contribution in [0.25, 0.3) is 0 Å². The minimum absolute atomic E-state index is 0.552. The summed E-state index contributed by atoms with van der Waals surface area (Å²) in [5, 5.41) is 6.29. The Kier molecular flexibility index (Phi) is 8.44. The molecule has 24 heavy (non-hydrogen) atoms. The molecule has 0 aromatic carbocycles. The molecular weight excluding hydrogens is 302 g/mol. The van der Waals surface area contributed by atoms with Gasteiger partial charge < -0.3 is 0 Å². The van der Waals surface area contributed by atoms with E-state index in [1.165, 1.54) is 6.92 Å². The molecule has 0 aliphatic carbocycles. The number of hydrogen-bond acceptors (Lipinski definition) is 3. The van der Waals surface area contributed by atoms with Crippen molar-refractivity contribution in [3.63, 3.8) is 0 Å². The van der Waals surface area contributed by atoms with E-state index >= 15 is 0 Å². The molecule has 0 bridgehead atoms. The second-order valence-corrected chi connectivity index (χ2v) is 5.62. The summed E-state index contributed by atoms with van der Waals surface area (Å²) in [5.41, 5.74) is 3.61. The van der Waals surface area contributed by atoms with Crippen molar-refractivity contribution >= 4 is 18.8 Å². The average molecular weight is 329 g/mol. The second-order valence-electron chi connectivity index (χ2n) is 5.62. The SMILES string of the molecule is [B]=C1C=CC(CC)=NN1CC(/C=C\C(OC(C)F)=C(/C)CC)=C/C. The number of nitrogens with zero attached hydrogens (tertiary/aromatic N) is 2. The summed E-state index contributed by atoms with van der Waals surface area (Å²) in [7, 11) is 6.00. The van der Waals surface area contributed by atoms with E-state index in [0.29, 0.717) is 17.9 Å². The first-order chi connectivity index (χ1) is 11.4. The minimum atomic E-state index is -1.34. The van der Waals surface area contributed by atoms with Gasteiger partial charge in [0.15, 0.2) is 0 Å². The van der Waals surface area contributed by atoms with Crippen molar-refractivity contribution in [2.75, 3.05) is 6.54 Å². The third-order valence-corrected chi connectivity index (χ3v) is 3.75. The number of hydrogen-bond donors (Lipinski definition) is 0. The third kappa shape index (κ3) is 6.30. The maximum atomic E-state index is 13.2. The molecule has 5 heteroatoms. The van der Waals surface area contributed by atoms with Gasteiger partial charge in [0.05, 0.1) is 0 Å². The molecular formula is C19H27BFN2O. The van der Waals surface area contributed by atoms with Gasteiger partial charge in [-0.25, -0.2) is 0 Å². The van der Waals surface area contributed by atoms with E-state index in [4.69, 9.17) is 12.2 Å². The normalized spacial score (nSPS) is 17.9. The summed E-state index contributed by atoms with van der Waals surface area (Å²) >= 11 is 0. The van der Waals surface area contributed by atoms with Gasteiger partial charge in [-0.1, -0.05) is 0 Å². The molecule has 1 radical (unpaired) electrons. The van der Waals surface area contributed by atoms with Crippen molar-refractivity contribution < 1.29 is 9.13 Å². The Morgan fingerprint density at radius 1 is 1.38 bits per heavy atom. The fourth-order valence-corrected chi connectivity index (χ4v) is 2.06. The summed E-state index contributed by atoms with van der Waals surface area (Å²) in [6, 6.07) is 0. The third-order valence-electron chi connectivity index (χ3n) is 3.75. The van der Waals surface area contributed by atoms with Crippen LogP contribution in [0.4, 0.5) is 4.39 Å². The van der Waals surface area contributed by atoms with Gasteiger partial charge >= 0.3 is 146 Å². The monoisotopic (exact) mass is 329 g/mol. The topological polar surface area (TPSA) is 24.8 Å². The van der Waals surface area contributed by atoms with Crippen LogP contribution in [0.3, 0.4) is 0 Å². The molecule has 1 rings (SSSR count). The molecule has 1 atom stereocenters. The fraction of sp³-hybridized carbons (Fsp3) is 0.474. The van der Waals surface area contributed by atoms with E-state index in [1.54, 1.807) is 5.01 Å². The van der Waals surface area contributed by atoms with Gasteiger partial charge in [-0.05, 0) is 0 Å². The summed E-state index contributed by atoms with van der Waals surface area (Å²) < 4.78 is 18.5. The fourth-order valence-electron chi connectivity index (χ4n) is 2.06. The first-order valence-electron chi connectivity index (χ1n) is 8.40. The Labute approximate surface area is 146 Å². The first kappa shape index (κ1) is 20.1. The number of rotatable bonds is 8. The maximum absolute atomic E-state index is 13.2. The standard InChI is InChI=1S/C19H27BFN2O/c1-6-14(4)18(24-15(5)21)11-9-16(7-2)13-23-19(20)12-10-17(8-3)22-23/h7,9-12,15H,6,8,13H2,1-5H3/b11-9-,16-7+,18-14-. The first-order valence-corrected chi connectivity index (χ1v) is 8.40. The average Bonchev–Trinajstić information content (AvgIpc) is 2.57. The zero-order chi connectivity index (χ0) is 18.1. The van der Waals surface area contributed by atoms with Crippen LogP contribution in [0.1, 0.15) is 47.5 Å². The van der Waals surface area contributed by atoms with Crippen molar-refractivity contribution in [2.24, 2.45) is 5.10 Å². The van der Waals surface area contributed by atoms with Gasteiger partial charge in [-0.3, -0.25) is 0 Å². The molecule has 0 spiro atoms. The van der Waals surface area contributed by atoms with Crippen molar-refractivity contribution in [1.82, 2.24) is 5.01 Å². The zero-order valence-corrected chi connectivity index (χ0v) is 15.3. The van der Waals surface area contributed by atoms with Crippen molar-refractivity contribution in [2.45, 2.75) is 53.8 Å². The van der Waals surface area contributed by atoms with E-state index in [-0.39, 0.29) is 0 Å². The number of allylic oxidation sites excluding steroid dienone is 4. The van der Waals surface area contributed by atoms with E-state index in [1.807, 2.05) is 51.2 Å². The van der Waals surface area contributed by atoms with Gasteiger partial charge in [0.2, 0.25) is 0 Å². The van der Waals surface area contributed by atoms with Crippen LogP contribution < -0.4 is 0 Å². The van der Waals surface area contributed by atoms with Crippen molar-refractivity contribution in [3.05, 3.63) is 47.3 Å². The summed E-state index contributed by atoms with van der Waals surface area (Å²) in [6.45, 7) is 9.90. The number of alkyl halides is 1. The van der Waals surface area contributed by atoms with Crippen LogP contribution >= 0.6 is 0 Å². The predicted octanol–water partition coefficient (Wildman–Crippen LogP) is 4.44. The van der Waals surface area contributed by atoms with E-state index in [0.717, 1.165) is 29.7 Å². The molecule has 0 N–H and O–H groups in total. The molecule has 0 fully saturated rings. The Morgan fingerprint density at radius 2 is 2.08 bits per heavy atom. The van der Waals surface area contributed by atoms with Crippen molar-refractivity contribution in [3.8, 4) is 0 Å². The van der Waals surface area contributed by atoms with Gasteiger partial charge in [-0.2, -0.15) is 0 Å². The Bertz CT molecular complexity index is 600. The molecule has 1 heterocycles. The molecule has 129 valence electrons. The number of halogens is 1. The zero-order valence-electron chi connectivity index (χ0n) is 15.3.